The first kappa shape index (κ1) is 25.0. The molecule has 1 aromatic heterocycles. The van der Waals surface area contributed by atoms with Crippen LogP contribution >= 0.6 is 0 Å². The Kier molecular flexibility index (Phi) is 7.41. The van der Waals surface area contributed by atoms with Crippen LogP contribution in [0.4, 0.5) is 5.69 Å². The van der Waals surface area contributed by atoms with Gasteiger partial charge >= 0.3 is 0 Å². The number of nitrogens with one attached hydrogen (secondary N) is 1. The number of aromatic nitrogens is 1. The molecule has 0 aliphatic heterocycles. The summed E-state index contributed by atoms with van der Waals surface area (Å²) in [5.41, 5.74) is 6.27. The van der Waals surface area contributed by atoms with E-state index < -0.39 is 19.4 Å². The summed E-state index contributed by atoms with van der Waals surface area (Å²) in [6, 6.07) is 18.2. The number of benzene rings is 2. The normalized spacial score (nSPS) is 13.0. The molecule has 0 spiro atoms. The molecule has 1 heterocycles. The number of carbonyl (C=O) groups excluding carboxylic acids is 2. The van der Waals surface area contributed by atoms with E-state index in [9.17, 15) is 9.59 Å². The van der Waals surface area contributed by atoms with Crippen molar-refractivity contribution in [3.8, 4) is 11.6 Å². The van der Waals surface area contributed by atoms with Crippen molar-refractivity contribution >= 4 is 30.8 Å². The Morgan fingerprint density at radius 2 is 1.53 bits per heavy atom. The lowest BCUT2D eigenvalue weighted by Crippen LogP contribution is -2.45. The van der Waals surface area contributed by atoms with Crippen LogP contribution in [0.15, 0.2) is 66.9 Å². The summed E-state index contributed by atoms with van der Waals surface area (Å²) in [6.07, 6.45) is 1.32. The number of amides is 2. The minimum atomic E-state index is -1.45. The molecule has 3 N–H and O–H groups in total. The van der Waals surface area contributed by atoms with Crippen LogP contribution in [-0.4, -0.2) is 39.1 Å². The van der Waals surface area contributed by atoms with Crippen LogP contribution in [0.2, 0.25) is 19.6 Å². The van der Waals surface area contributed by atoms with E-state index in [-0.39, 0.29) is 12.3 Å². The number of pyridine rings is 1. The Balaban J connectivity index is 1.99. The molecule has 2 aromatic carbocycles. The number of methoxy groups -OCH3 is 2. The molecule has 178 valence electrons. The van der Waals surface area contributed by atoms with E-state index in [1.54, 1.807) is 43.5 Å². The molecule has 34 heavy (non-hydrogen) atoms. The molecule has 3 rings (SSSR count). The lowest BCUT2D eigenvalue weighted by atomic mass is 9.71. The van der Waals surface area contributed by atoms with Crippen molar-refractivity contribution in [1.29, 1.82) is 0 Å². The Hall–Kier alpha value is -3.65. The number of hydrogen-bond donors (Lipinski definition) is 2. The van der Waals surface area contributed by atoms with Crippen LogP contribution in [0.1, 0.15) is 17.5 Å². The molecule has 0 fully saturated rings. The monoisotopic (exact) mass is 477 g/mol. The molecule has 0 bridgehead atoms. The molecule has 8 heteroatoms. The van der Waals surface area contributed by atoms with Crippen molar-refractivity contribution in [2.75, 3.05) is 19.5 Å². The molecule has 1 unspecified atom stereocenters. The molecule has 0 saturated heterocycles. The van der Waals surface area contributed by atoms with E-state index in [1.165, 1.54) is 18.5 Å². The van der Waals surface area contributed by atoms with Gasteiger partial charge in [-0.1, -0.05) is 55.2 Å². The zero-order valence-corrected chi connectivity index (χ0v) is 21.2. The molecule has 7 nitrogen and oxygen atoms in total. The summed E-state index contributed by atoms with van der Waals surface area (Å²) in [7, 11) is 1.61. The number of primary amides is 1. The van der Waals surface area contributed by atoms with Gasteiger partial charge in [0.1, 0.15) is 11.2 Å². The van der Waals surface area contributed by atoms with E-state index in [1.807, 2.05) is 24.3 Å². The summed E-state index contributed by atoms with van der Waals surface area (Å²) in [5, 5.41) is 4.21. The highest BCUT2D eigenvalue weighted by atomic mass is 28.3. The Morgan fingerprint density at radius 1 is 0.912 bits per heavy atom. The smallest absolute Gasteiger partial charge is 0.233 e. The van der Waals surface area contributed by atoms with Crippen molar-refractivity contribution in [3.63, 3.8) is 0 Å². The molecule has 0 aliphatic rings. The van der Waals surface area contributed by atoms with Gasteiger partial charge in [0, 0.05) is 24.4 Å². The van der Waals surface area contributed by atoms with Gasteiger partial charge in [0.25, 0.3) is 0 Å². The second kappa shape index (κ2) is 10.1. The fourth-order valence-electron chi connectivity index (χ4n) is 3.87. The second-order valence-corrected chi connectivity index (χ2v) is 14.2. The van der Waals surface area contributed by atoms with Crippen LogP contribution in [0, 0.1) is 0 Å². The third-order valence-electron chi connectivity index (χ3n) is 5.90. The number of ether oxygens (including phenoxy) is 2. The van der Waals surface area contributed by atoms with Crippen molar-refractivity contribution in [2.24, 2.45) is 5.73 Å². The zero-order chi connectivity index (χ0) is 24.9. The van der Waals surface area contributed by atoms with Gasteiger partial charge in [-0.2, -0.15) is 0 Å². The van der Waals surface area contributed by atoms with E-state index in [0.717, 1.165) is 0 Å². The Labute approximate surface area is 201 Å². The van der Waals surface area contributed by atoms with Gasteiger partial charge in [-0.25, -0.2) is 4.98 Å². The molecule has 3 aromatic rings. The van der Waals surface area contributed by atoms with Crippen molar-refractivity contribution in [1.82, 2.24) is 4.98 Å². The van der Waals surface area contributed by atoms with Gasteiger partial charge < -0.3 is 20.5 Å². The molecule has 2 amide bonds. The van der Waals surface area contributed by atoms with Gasteiger partial charge in [0.2, 0.25) is 17.7 Å². The van der Waals surface area contributed by atoms with Crippen molar-refractivity contribution in [3.05, 3.63) is 78.0 Å². The number of nitrogens with zero attached hydrogens (tertiary/aromatic N) is 1. The quantitative estimate of drug-likeness (QED) is 0.460. The number of anilines is 1. The molecular weight excluding hydrogens is 446 g/mol. The molecular formula is C26H31N3O4Si. The first-order chi connectivity index (χ1) is 16.1. The third kappa shape index (κ3) is 5.28. The average molecular weight is 478 g/mol. The highest BCUT2D eigenvalue weighted by molar-refractivity contribution is 6.88. The van der Waals surface area contributed by atoms with Crippen LogP contribution in [0.3, 0.4) is 0 Å². The van der Waals surface area contributed by atoms with E-state index in [4.69, 9.17) is 15.2 Å². The SMILES string of the molecule is COc1ccc(C(CC(=O)Nc2ccc([Si](C)(C)C)cc2)(C(N)=O)c2ccc(OC)nc2)cc1. The predicted octanol–water partition coefficient (Wildman–Crippen LogP) is 3.44. The zero-order valence-electron chi connectivity index (χ0n) is 20.2. The van der Waals surface area contributed by atoms with E-state index in [0.29, 0.717) is 28.4 Å². The van der Waals surface area contributed by atoms with Crippen molar-refractivity contribution in [2.45, 2.75) is 31.5 Å². The second-order valence-electron chi connectivity index (χ2n) is 9.14. The molecule has 0 aliphatic carbocycles. The van der Waals surface area contributed by atoms with E-state index >= 15 is 0 Å². The van der Waals surface area contributed by atoms with Gasteiger partial charge in [-0.05, 0) is 35.4 Å². The van der Waals surface area contributed by atoms with Crippen LogP contribution in [0.25, 0.3) is 0 Å². The van der Waals surface area contributed by atoms with Gasteiger partial charge in [-0.15, -0.1) is 0 Å². The fourth-order valence-corrected chi connectivity index (χ4v) is 5.04. The maximum absolute atomic E-state index is 13.2. The minimum Gasteiger partial charge on any atom is -0.497 e. The first-order valence-electron chi connectivity index (χ1n) is 11.0. The van der Waals surface area contributed by atoms with Gasteiger partial charge in [-0.3, -0.25) is 9.59 Å². The predicted molar refractivity (Wildman–Crippen MR) is 136 cm³/mol. The van der Waals surface area contributed by atoms with E-state index in [2.05, 4.69) is 29.9 Å². The highest BCUT2D eigenvalue weighted by Gasteiger charge is 2.43. The number of rotatable bonds is 9. The largest absolute Gasteiger partial charge is 0.497 e. The fraction of sp³-hybridized carbons (Fsp3) is 0.269. The Bertz CT molecular complexity index is 1090. The van der Waals surface area contributed by atoms with Gasteiger partial charge in [0.05, 0.1) is 22.3 Å². The average Bonchev–Trinajstić information content (AvgIpc) is 2.82. The first-order valence-corrected chi connectivity index (χ1v) is 14.5. The topological polar surface area (TPSA) is 104 Å². The molecule has 0 saturated carbocycles. The minimum absolute atomic E-state index is 0.196. The lowest BCUT2D eigenvalue weighted by Gasteiger charge is -2.31. The molecule has 1 atom stereocenters. The molecule has 0 radical (unpaired) electrons. The summed E-state index contributed by atoms with van der Waals surface area (Å²) in [5.74, 6) is 0.0192. The lowest BCUT2D eigenvalue weighted by molar-refractivity contribution is -0.126. The van der Waals surface area contributed by atoms with Crippen LogP contribution in [0.5, 0.6) is 11.6 Å². The summed E-state index contributed by atoms with van der Waals surface area (Å²) < 4.78 is 10.4. The number of carbonyl (C=O) groups is 2. The summed E-state index contributed by atoms with van der Waals surface area (Å²) >= 11 is 0. The number of hydrogen-bond acceptors (Lipinski definition) is 5. The summed E-state index contributed by atoms with van der Waals surface area (Å²) in [4.78, 5) is 30.5. The standard InChI is InChI=1S/C26H31N3O4Si/c1-32-21-11-6-18(7-12-21)26(25(27)31,19-8-15-24(33-2)28-17-19)16-23(30)29-20-9-13-22(14-10-20)34(3,4)5/h6-15,17H,16H2,1-5H3,(H2,27,31)(H,29,30). The van der Waals surface area contributed by atoms with Gasteiger partial charge in [0.15, 0.2) is 0 Å². The van der Waals surface area contributed by atoms with Crippen molar-refractivity contribution < 1.29 is 19.1 Å². The summed E-state index contributed by atoms with van der Waals surface area (Å²) in [6.45, 7) is 6.79. The van der Waals surface area contributed by atoms with Crippen LogP contribution < -0.4 is 25.7 Å². The third-order valence-corrected chi connectivity index (χ3v) is 7.97. The highest BCUT2D eigenvalue weighted by Crippen LogP contribution is 2.37. The van der Waals surface area contributed by atoms with Crippen LogP contribution in [-0.2, 0) is 15.0 Å². The maximum atomic E-state index is 13.2. The number of nitrogens with two attached hydrogens (primary N) is 1. The Morgan fingerprint density at radius 3 is 2.00 bits per heavy atom. The maximum Gasteiger partial charge on any atom is 0.233 e.